The number of hydrogen-bond acceptors (Lipinski definition) is 3. The monoisotopic (exact) mass is 270 g/mol. The molecular formula is C16H18N2O2. The van der Waals surface area contributed by atoms with Crippen LogP contribution in [0.3, 0.4) is 0 Å². The Morgan fingerprint density at radius 2 is 2.15 bits per heavy atom. The number of nitrogens with zero attached hydrogens (tertiary/aromatic N) is 2. The zero-order valence-electron chi connectivity index (χ0n) is 11.7. The van der Waals surface area contributed by atoms with Gasteiger partial charge in [0.2, 0.25) is 0 Å². The lowest BCUT2D eigenvalue weighted by Gasteiger charge is -2.10. The summed E-state index contributed by atoms with van der Waals surface area (Å²) >= 11 is 0. The van der Waals surface area contributed by atoms with Crippen molar-refractivity contribution < 1.29 is 9.52 Å². The van der Waals surface area contributed by atoms with Crippen molar-refractivity contribution in [1.29, 1.82) is 0 Å². The van der Waals surface area contributed by atoms with E-state index in [1.165, 1.54) is 0 Å². The molecule has 0 spiro atoms. The zero-order chi connectivity index (χ0) is 14.1. The van der Waals surface area contributed by atoms with Crippen molar-refractivity contribution in [2.45, 2.75) is 32.9 Å². The summed E-state index contributed by atoms with van der Waals surface area (Å²) in [6, 6.07) is 9.78. The first-order chi connectivity index (χ1) is 9.69. The van der Waals surface area contributed by atoms with Crippen molar-refractivity contribution in [3.8, 4) is 0 Å². The summed E-state index contributed by atoms with van der Waals surface area (Å²) in [5.41, 5.74) is 3.66. The number of aliphatic hydroxyl groups excluding tert-OH is 1. The van der Waals surface area contributed by atoms with E-state index in [0.717, 1.165) is 34.5 Å². The van der Waals surface area contributed by atoms with Crippen molar-refractivity contribution in [2.24, 2.45) is 0 Å². The molecule has 4 heteroatoms. The van der Waals surface area contributed by atoms with Crippen molar-refractivity contribution in [2.75, 3.05) is 0 Å². The van der Waals surface area contributed by atoms with E-state index in [1.54, 1.807) is 6.26 Å². The van der Waals surface area contributed by atoms with Crippen LogP contribution in [0.5, 0.6) is 0 Å². The molecule has 0 fully saturated rings. The highest BCUT2D eigenvalue weighted by molar-refractivity contribution is 5.81. The molecule has 1 N–H and O–H groups in total. The molecule has 0 radical (unpaired) electrons. The van der Waals surface area contributed by atoms with Gasteiger partial charge in [0.05, 0.1) is 18.1 Å². The Morgan fingerprint density at radius 3 is 2.95 bits per heavy atom. The summed E-state index contributed by atoms with van der Waals surface area (Å²) < 4.78 is 7.42. The minimum absolute atomic E-state index is 0.540. The number of aryl methyl sites for hydroxylation is 2. The molecule has 4 nitrogen and oxygen atoms in total. The first-order valence-corrected chi connectivity index (χ1v) is 6.86. The largest absolute Gasteiger partial charge is 0.464 e. The fourth-order valence-corrected chi connectivity index (χ4v) is 2.60. The lowest BCUT2D eigenvalue weighted by atomic mass is 10.0. The maximum Gasteiger partial charge on any atom is 0.134 e. The molecule has 3 aromatic rings. The van der Waals surface area contributed by atoms with Crippen LogP contribution in [0.25, 0.3) is 11.0 Å². The first kappa shape index (κ1) is 12.9. The molecule has 0 saturated carbocycles. The minimum atomic E-state index is -0.583. The third-order valence-corrected chi connectivity index (χ3v) is 3.56. The van der Waals surface area contributed by atoms with Crippen LogP contribution < -0.4 is 0 Å². The predicted octanol–water partition coefficient (Wildman–Crippen LogP) is 3.23. The van der Waals surface area contributed by atoms with E-state index in [4.69, 9.17) is 4.42 Å². The Morgan fingerprint density at radius 1 is 1.35 bits per heavy atom. The molecule has 2 heterocycles. The Kier molecular flexibility index (Phi) is 3.32. The number of benzene rings is 1. The lowest BCUT2D eigenvalue weighted by Crippen LogP contribution is -2.08. The van der Waals surface area contributed by atoms with Crippen LogP contribution >= 0.6 is 0 Å². The van der Waals surface area contributed by atoms with Gasteiger partial charge in [-0.3, -0.25) is 4.68 Å². The summed E-state index contributed by atoms with van der Waals surface area (Å²) in [4.78, 5) is 0. The van der Waals surface area contributed by atoms with Crippen LogP contribution in [0.2, 0.25) is 0 Å². The van der Waals surface area contributed by atoms with Crippen LogP contribution in [0, 0.1) is 6.92 Å². The van der Waals surface area contributed by atoms with Crippen molar-refractivity contribution in [3.63, 3.8) is 0 Å². The number of rotatable bonds is 4. The molecule has 1 unspecified atom stereocenters. The second kappa shape index (κ2) is 5.13. The van der Waals surface area contributed by atoms with Gasteiger partial charge in [-0.2, -0.15) is 5.10 Å². The highest BCUT2D eigenvalue weighted by Gasteiger charge is 2.17. The number of aromatic nitrogens is 2. The van der Waals surface area contributed by atoms with Crippen molar-refractivity contribution >= 4 is 11.0 Å². The van der Waals surface area contributed by atoms with E-state index in [2.05, 4.69) is 12.0 Å². The maximum atomic E-state index is 10.5. The van der Waals surface area contributed by atoms with Gasteiger partial charge in [0.25, 0.3) is 0 Å². The number of furan rings is 1. The molecule has 0 amide bonds. The quantitative estimate of drug-likeness (QED) is 0.791. The van der Waals surface area contributed by atoms with E-state index in [-0.39, 0.29) is 0 Å². The molecule has 3 rings (SSSR count). The number of aliphatic hydroxyl groups is 1. The van der Waals surface area contributed by atoms with Gasteiger partial charge >= 0.3 is 0 Å². The summed E-state index contributed by atoms with van der Waals surface area (Å²) in [5, 5.41) is 15.9. The van der Waals surface area contributed by atoms with Gasteiger partial charge in [0.15, 0.2) is 0 Å². The van der Waals surface area contributed by atoms with Crippen molar-refractivity contribution in [1.82, 2.24) is 9.78 Å². The standard InChI is InChI=1S/C16H18N2O2/c1-3-18-12(8-11(2)17-18)9-15(19)14-10-20-16-7-5-4-6-13(14)16/h4-8,10,15,19H,3,9H2,1-2H3. The molecule has 0 aliphatic heterocycles. The van der Waals surface area contributed by atoms with Crippen LogP contribution in [0.15, 0.2) is 41.0 Å². The third-order valence-electron chi connectivity index (χ3n) is 3.56. The van der Waals surface area contributed by atoms with Crippen LogP contribution in [-0.4, -0.2) is 14.9 Å². The molecular weight excluding hydrogens is 252 g/mol. The normalized spacial score (nSPS) is 12.9. The Hall–Kier alpha value is -2.07. The molecule has 2 aromatic heterocycles. The molecule has 20 heavy (non-hydrogen) atoms. The molecule has 0 saturated heterocycles. The summed E-state index contributed by atoms with van der Waals surface area (Å²) in [5.74, 6) is 0. The van der Waals surface area contributed by atoms with E-state index in [9.17, 15) is 5.11 Å². The van der Waals surface area contributed by atoms with Gasteiger partial charge < -0.3 is 9.52 Å². The topological polar surface area (TPSA) is 51.2 Å². The molecule has 104 valence electrons. The zero-order valence-corrected chi connectivity index (χ0v) is 11.7. The summed E-state index contributed by atoms with van der Waals surface area (Å²) in [6.07, 6.45) is 1.60. The van der Waals surface area contributed by atoms with Crippen LogP contribution in [-0.2, 0) is 13.0 Å². The average molecular weight is 270 g/mol. The second-order valence-corrected chi connectivity index (χ2v) is 5.00. The average Bonchev–Trinajstić information content (AvgIpc) is 3.02. The maximum absolute atomic E-state index is 10.5. The molecule has 1 atom stereocenters. The van der Waals surface area contributed by atoms with E-state index in [0.29, 0.717) is 6.42 Å². The molecule has 1 aromatic carbocycles. The van der Waals surface area contributed by atoms with Gasteiger partial charge in [0.1, 0.15) is 5.58 Å². The smallest absolute Gasteiger partial charge is 0.134 e. The minimum Gasteiger partial charge on any atom is -0.464 e. The van der Waals surface area contributed by atoms with Gasteiger partial charge in [0, 0.05) is 29.6 Å². The summed E-state index contributed by atoms with van der Waals surface area (Å²) in [7, 11) is 0. The van der Waals surface area contributed by atoms with Gasteiger partial charge in [-0.05, 0) is 26.0 Å². The van der Waals surface area contributed by atoms with Crippen LogP contribution in [0.4, 0.5) is 0 Å². The molecule has 0 aliphatic rings. The second-order valence-electron chi connectivity index (χ2n) is 5.00. The molecule has 0 bridgehead atoms. The fourth-order valence-electron chi connectivity index (χ4n) is 2.60. The SMILES string of the molecule is CCn1nc(C)cc1CC(O)c1coc2ccccc12. The van der Waals surface area contributed by atoms with Gasteiger partial charge in [-0.1, -0.05) is 18.2 Å². The van der Waals surface area contributed by atoms with E-state index in [1.807, 2.05) is 41.9 Å². The lowest BCUT2D eigenvalue weighted by molar-refractivity contribution is 0.176. The van der Waals surface area contributed by atoms with Crippen molar-refractivity contribution in [3.05, 3.63) is 53.5 Å². The van der Waals surface area contributed by atoms with Gasteiger partial charge in [-0.25, -0.2) is 0 Å². The molecule has 0 aliphatic carbocycles. The Labute approximate surface area is 117 Å². The van der Waals surface area contributed by atoms with Gasteiger partial charge in [-0.15, -0.1) is 0 Å². The predicted molar refractivity (Wildman–Crippen MR) is 77.5 cm³/mol. The van der Waals surface area contributed by atoms with Crippen LogP contribution in [0.1, 0.15) is 30.0 Å². The summed E-state index contributed by atoms with van der Waals surface area (Å²) in [6.45, 7) is 4.83. The van der Waals surface area contributed by atoms with E-state index >= 15 is 0 Å². The number of fused-ring (bicyclic) bond motifs is 1. The Balaban J connectivity index is 1.91. The highest BCUT2D eigenvalue weighted by atomic mass is 16.3. The fraction of sp³-hybridized carbons (Fsp3) is 0.312. The first-order valence-electron chi connectivity index (χ1n) is 6.86. The highest BCUT2D eigenvalue weighted by Crippen LogP contribution is 2.28. The number of para-hydroxylation sites is 1. The third kappa shape index (κ3) is 2.23. The number of hydrogen-bond donors (Lipinski definition) is 1. The Bertz CT molecular complexity index is 727. The van der Waals surface area contributed by atoms with E-state index < -0.39 is 6.10 Å².